The van der Waals surface area contributed by atoms with Gasteiger partial charge in [0.05, 0.1) is 0 Å². The van der Waals surface area contributed by atoms with Gasteiger partial charge in [0.2, 0.25) is 0 Å². The molecular weight excluding hydrogens is 432 g/mol. The maximum atomic E-state index is 12.7. The van der Waals surface area contributed by atoms with Crippen molar-refractivity contribution in [2.75, 3.05) is 32.7 Å². The first kappa shape index (κ1) is 20.3. The molecule has 0 unspecified atom stereocenters. The number of ketones is 1. The molecule has 0 radical (unpaired) electrons. The van der Waals surface area contributed by atoms with Crippen molar-refractivity contribution < 1.29 is 9.21 Å². The van der Waals surface area contributed by atoms with Crippen molar-refractivity contribution in [3.05, 3.63) is 73.8 Å². The Kier molecular flexibility index (Phi) is 6.43. The maximum absolute atomic E-state index is 12.7. The molecule has 2 heterocycles. The largest absolute Gasteiger partial charge is 0.427 e. The number of benzene rings is 1. The summed E-state index contributed by atoms with van der Waals surface area (Å²) in [4.78, 5) is 29.6. The third-order valence-corrected chi connectivity index (χ3v) is 6.26. The predicted octanol–water partition coefficient (Wildman–Crippen LogP) is 3.71. The third kappa shape index (κ3) is 5.13. The Hall–Kier alpha value is -2.02. The highest BCUT2D eigenvalue weighted by atomic mass is 79.9. The highest BCUT2D eigenvalue weighted by Gasteiger charge is 2.21. The van der Waals surface area contributed by atoms with Crippen molar-refractivity contribution >= 4 is 27.8 Å². The summed E-state index contributed by atoms with van der Waals surface area (Å²) in [7, 11) is 0. The summed E-state index contributed by atoms with van der Waals surface area (Å²) in [6, 6.07) is 12.2. The van der Waals surface area contributed by atoms with E-state index in [0.717, 1.165) is 49.2 Å². The number of hydrogen-bond donors (Lipinski definition) is 0. The van der Waals surface area contributed by atoms with Gasteiger partial charge in [0.25, 0.3) is 0 Å². The van der Waals surface area contributed by atoms with Crippen molar-refractivity contribution in [1.82, 2.24) is 9.80 Å². The molecule has 2 aromatic rings. The fraction of sp³-hybridized carbons (Fsp3) is 0.391. The second kappa shape index (κ2) is 9.20. The van der Waals surface area contributed by atoms with Crippen LogP contribution < -0.4 is 5.63 Å². The average molecular weight is 457 g/mol. The van der Waals surface area contributed by atoms with E-state index in [1.165, 1.54) is 5.56 Å². The number of nitrogens with zero attached hydrogens (tertiary/aromatic N) is 2. The number of carbonyl (C=O) groups is 1. The summed E-state index contributed by atoms with van der Waals surface area (Å²) in [6.45, 7) is 5.50. The summed E-state index contributed by atoms with van der Waals surface area (Å²) in [5.74, 6) is 0.535. The molecular formula is C23H25BrN2O3. The third-order valence-electron chi connectivity index (χ3n) is 5.63. The van der Waals surface area contributed by atoms with Crippen LogP contribution in [0, 0.1) is 0 Å². The standard InChI is InChI=1S/C23H25BrN2O3/c24-19-6-7-22-18(14-19)15-20(23(28)29-22)21(27)8-9-25-10-12-26(13-11-25)16-17-4-2-1-3-5-17/h1-5,14-15H,6-13,16H2. The van der Waals surface area contributed by atoms with E-state index in [9.17, 15) is 9.59 Å². The first-order chi connectivity index (χ1) is 14.1. The van der Waals surface area contributed by atoms with Crippen LogP contribution >= 0.6 is 15.9 Å². The Morgan fingerprint density at radius 3 is 2.52 bits per heavy atom. The molecule has 0 atom stereocenters. The Bertz CT molecular complexity index is 960. The maximum Gasteiger partial charge on any atom is 0.346 e. The highest BCUT2D eigenvalue weighted by Crippen LogP contribution is 2.27. The molecule has 1 aromatic carbocycles. The van der Waals surface area contributed by atoms with Gasteiger partial charge in [0.15, 0.2) is 5.78 Å². The molecule has 0 amide bonds. The molecule has 1 saturated heterocycles. The van der Waals surface area contributed by atoms with E-state index >= 15 is 0 Å². The minimum Gasteiger partial charge on any atom is -0.427 e. The van der Waals surface area contributed by atoms with E-state index in [0.29, 0.717) is 25.1 Å². The van der Waals surface area contributed by atoms with Crippen LogP contribution in [0.25, 0.3) is 6.08 Å². The van der Waals surface area contributed by atoms with Gasteiger partial charge in [0, 0.05) is 57.7 Å². The van der Waals surface area contributed by atoms with Gasteiger partial charge in [-0.05, 0) is 28.6 Å². The van der Waals surface area contributed by atoms with Gasteiger partial charge in [-0.25, -0.2) is 4.79 Å². The number of Topliss-reactive ketones (excluding diaryl/α,β-unsaturated/α-hetero) is 1. The van der Waals surface area contributed by atoms with Crippen LogP contribution in [0.5, 0.6) is 0 Å². The summed E-state index contributed by atoms with van der Waals surface area (Å²) >= 11 is 3.49. The number of fused-ring (bicyclic) bond motifs is 1. The van der Waals surface area contributed by atoms with Crippen molar-refractivity contribution in [3.63, 3.8) is 0 Å². The van der Waals surface area contributed by atoms with Gasteiger partial charge in [-0.1, -0.05) is 46.3 Å². The van der Waals surface area contributed by atoms with Gasteiger partial charge in [-0.2, -0.15) is 0 Å². The first-order valence-corrected chi connectivity index (χ1v) is 10.9. The number of allylic oxidation sites excluding steroid dienone is 1. The topological polar surface area (TPSA) is 53.8 Å². The normalized spacial score (nSPS) is 17.6. The molecule has 5 nitrogen and oxygen atoms in total. The van der Waals surface area contributed by atoms with Gasteiger partial charge in [0.1, 0.15) is 11.3 Å². The van der Waals surface area contributed by atoms with Crippen molar-refractivity contribution in [3.8, 4) is 0 Å². The summed E-state index contributed by atoms with van der Waals surface area (Å²) < 4.78 is 6.46. The molecule has 29 heavy (non-hydrogen) atoms. The monoisotopic (exact) mass is 456 g/mol. The summed E-state index contributed by atoms with van der Waals surface area (Å²) in [5, 5.41) is 0. The molecule has 0 spiro atoms. The number of halogens is 1. The van der Waals surface area contributed by atoms with E-state index in [2.05, 4.69) is 50.0 Å². The molecule has 0 bridgehead atoms. The Morgan fingerprint density at radius 2 is 1.76 bits per heavy atom. The average Bonchev–Trinajstić information content (AvgIpc) is 2.73. The van der Waals surface area contributed by atoms with Crippen LogP contribution in [0.15, 0.2) is 50.1 Å². The van der Waals surface area contributed by atoms with Crippen LogP contribution in [0.2, 0.25) is 0 Å². The number of piperazine rings is 1. The lowest BCUT2D eigenvalue weighted by atomic mass is 10.0. The van der Waals surface area contributed by atoms with Crippen LogP contribution in [0.1, 0.15) is 40.1 Å². The zero-order valence-electron chi connectivity index (χ0n) is 16.4. The molecule has 0 N–H and O–H groups in total. The Balaban J connectivity index is 1.30. The molecule has 0 saturated carbocycles. The van der Waals surface area contributed by atoms with Gasteiger partial charge >= 0.3 is 5.63 Å². The van der Waals surface area contributed by atoms with Gasteiger partial charge in [-0.3, -0.25) is 9.69 Å². The quantitative estimate of drug-likeness (QED) is 0.620. The van der Waals surface area contributed by atoms with E-state index in [1.54, 1.807) is 6.07 Å². The van der Waals surface area contributed by atoms with E-state index in [4.69, 9.17) is 4.42 Å². The second-order valence-corrected chi connectivity index (χ2v) is 8.71. The SMILES string of the molecule is O=C(CCN1CCN(Cc2ccccc2)CC1)c1cc2c(oc1=O)CCC(Br)=C2. The molecule has 6 heteroatoms. The molecule has 152 valence electrons. The lowest BCUT2D eigenvalue weighted by Gasteiger charge is -2.34. The highest BCUT2D eigenvalue weighted by molar-refractivity contribution is 9.11. The fourth-order valence-electron chi connectivity index (χ4n) is 3.91. The molecule has 4 rings (SSSR count). The van der Waals surface area contributed by atoms with Crippen LogP contribution in [0.4, 0.5) is 0 Å². The predicted molar refractivity (Wildman–Crippen MR) is 117 cm³/mol. The zero-order valence-corrected chi connectivity index (χ0v) is 18.0. The van der Waals surface area contributed by atoms with Crippen LogP contribution in [-0.4, -0.2) is 48.3 Å². The van der Waals surface area contributed by atoms with E-state index < -0.39 is 5.63 Å². The molecule has 2 aliphatic rings. The fourth-order valence-corrected chi connectivity index (χ4v) is 4.36. The second-order valence-electron chi connectivity index (χ2n) is 7.69. The Morgan fingerprint density at radius 1 is 1.03 bits per heavy atom. The number of aryl methyl sites for hydroxylation is 1. The molecule has 1 fully saturated rings. The van der Waals surface area contributed by atoms with Crippen molar-refractivity contribution in [1.29, 1.82) is 0 Å². The van der Waals surface area contributed by atoms with Crippen LogP contribution in [0.3, 0.4) is 0 Å². The van der Waals surface area contributed by atoms with Gasteiger partial charge < -0.3 is 9.32 Å². The van der Waals surface area contributed by atoms with Crippen molar-refractivity contribution in [2.24, 2.45) is 0 Å². The number of carbonyl (C=O) groups excluding carboxylic acids is 1. The van der Waals surface area contributed by atoms with Gasteiger partial charge in [-0.15, -0.1) is 0 Å². The number of rotatable bonds is 6. The lowest BCUT2D eigenvalue weighted by Crippen LogP contribution is -2.46. The lowest BCUT2D eigenvalue weighted by molar-refractivity contribution is 0.0919. The van der Waals surface area contributed by atoms with Crippen LogP contribution in [-0.2, 0) is 13.0 Å². The van der Waals surface area contributed by atoms with E-state index in [1.807, 2.05) is 12.1 Å². The smallest absolute Gasteiger partial charge is 0.346 e. The Labute approximate surface area is 179 Å². The summed E-state index contributed by atoms with van der Waals surface area (Å²) in [5.41, 5.74) is 1.83. The number of hydrogen-bond acceptors (Lipinski definition) is 5. The summed E-state index contributed by atoms with van der Waals surface area (Å²) in [6.07, 6.45) is 3.78. The minimum absolute atomic E-state index is 0.136. The first-order valence-electron chi connectivity index (χ1n) is 10.1. The molecule has 1 aliphatic heterocycles. The van der Waals surface area contributed by atoms with Crippen molar-refractivity contribution in [2.45, 2.75) is 25.8 Å². The molecule has 1 aliphatic carbocycles. The zero-order chi connectivity index (χ0) is 20.2. The minimum atomic E-state index is -0.507. The molecule has 1 aromatic heterocycles. The van der Waals surface area contributed by atoms with E-state index in [-0.39, 0.29) is 11.3 Å².